The molecule has 3 atom stereocenters. The fraction of sp³-hybridized carbons (Fsp3) is 0.515. The molecule has 2 fully saturated rings. The van der Waals surface area contributed by atoms with Crippen molar-refractivity contribution in [1.29, 1.82) is 0 Å². The number of aromatic nitrogens is 3. The Morgan fingerprint density at radius 3 is 2.40 bits per heavy atom. The molecule has 0 unspecified atom stereocenters. The number of piperazine rings is 1. The Morgan fingerprint density at radius 1 is 1.00 bits per heavy atom. The van der Waals surface area contributed by atoms with Gasteiger partial charge in [-0.15, -0.1) is 0 Å². The van der Waals surface area contributed by atoms with Crippen molar-refractivity contribution in [2.24, 2.45) is 5.92 Å². The van der Waals surface area contributed by atoms with E-state index in [1.54, 1.807) is 46.3 Å². The van der Waals surface area contributed by atoms with Crippen LogP contribution in [0.2, 0.25) is 0 Å². The minimum atomic E-state index is -0.963. The van der Waals surface area contributed by atoms with Crippen LogP contribution in [0.4, 0.5) is 10.1 Å². The van der Waals surface area contributed by atoms with Gasteiger partial charge in [-0.2, -0.15) is 9.47 Å². The molecule has 5 rings (SSSR count). The summed E-state index contributed by atoms with van der Waals surface area (Å²) in [6, 6.07) is 5.77. The maximum absolute atomic E-state index is 15.7. The number of likely N-dealkylation sites (N-methyl/N-ethyl adjacent to an activating group) is 1. The highest BCUT2D eigenvalue weighted by Gasteiger charge is 2.35. The van der Waals surface area contributed by atoms with Gasteiger partial charge in [0.25, 0.3) is 11.8 Å². The lowest BCUT2D eigenvalue weighted by atomic mass is 9.83. The first kappa shape index (κ1) is 34.2. The average molecular weight is 667 g/mol. The lowest BCUT2D eigenvalue weighted by Crippen LogP contribution is -2.55. The van der Waals surface area contributed by atoms with Gasteiger partial charge in [0.15, 0.2) is 0 Å². The average Bonchev–Trinajstić information content (AvgIpc) is 3.80. The molecule has 1 aliphatic carbocycles. The number of nitrogens with one attached hydrogen (secondary N) is 3. The lowest BCUT2D eigenvalue weighted by Gasteiger charge is -2.36. The van der Waals surface area contributed by atoms with Gasteiger partial charge >= 0.3 is 0 Å². The van der Waals surface area contributed by atoms with Gasteiger partial charge in [0, 0.05) is 50.2 Å². The maximum atomic E-state index is 15.7. The van der Waals surface area contributed by atoms with Crippen LogP contribution in [0.25, 0.3) is 0 Å². The lowest BCUT2D eigenvalue weighted by molar-refractivity contribution is -0.135. The number of amides is 4. The van der Waals surface area contributed by atoms with E-state index in [4.69, 9.17) is 0 Å². The summed E-state index contributed by atoms with van der Waals surface area (Å²) in [5.74, 6) is -2.99. The van der Waals surface area contributed by atoms with Crippen LogP contribution in [0.3, 0.4) is 0 Å². The molecule has 3 aromatic rings. The summed E-state index contributed by atoms with van der Waals surface area (Å²) in [5, 5.41) is 14.3. The van der Waals surface area contributed by atoms with E-state index in [9.17, 15) is 19.2 Å². The Balaban J connectivity index is 1.33. The first-order valence-corrected chi connectivity index (χ1v) is 17.1. The van der Waals surface area contributed by atoms with E-state index in [1.165, 1.54) is 12.1 Å². The predicted octanol–water partition coefficient (Wildman–Crippen LogP) is 3.49. The number of carbonyl (C=O) groups excluding carboxylic acids is 4. The largest absolute Gasteiger partial charge is 0.339 e. The second-order valence-electron chi connectivity index (χ2n) is 12.4. The fourth-order valence-corrected chi connectivity index (χ4v) is 6.85. The Kier molecular flexibility index (Phi) is 11.4. The van der Waals surface area contributed by atoms with Crippen LogP contribution in [-0.4, -0.2) is 92.9 Å². The molecule has 14 heteroatoms. The minimum absolute atomic E-state index is 0.0342. The van der Waals surface area contributed by atoms with Crippen molar-refractivity contribution >= 4 is 40.8 Å². The third-order valence-corrected chi connectivity index (χ3v) is 9.81. The number of nitrogens with zero attached hydrogens (tertiary/aromatic N) is 5. The molecular weight excluding hydrogens is 623 g/mol. The summed E-state index contributed by atoms with van der Waals surface area (Å²) in [5.41, 5.74) is 1.01. The molecule has 3 N–H and O–H groups in total. The second kappa shape index (κ2) is 15.6. The first-order valence-electron chi connectivity index (χ1n) is 16.3. The molecule has 1 aliphatic heterocycles. The Hall–Kier alpha value is -4.17. The van der Waals surface area contributed by atoms with Gasteiger partial charge in [0.05, 0.1) is 5.69 Å². The highest BCUT2D eigenvalue weighted by Crippen LogP contribution is 2.29. The Labute approximate surface area is 278 Å². The van der Waals surface area contributed by atoms with E-state index in [0.717, 1.165) is 43.6 Å². The summed E-state index contributed by atoms with van der Waals surface area (Å²) < 4.78 is 21.4. The van der Waals surface area contributed by atoms with Gasteiger partial charge in [0.1, 0.15) is 29.3 Å². The molecule has 1 saturated carbocycles. The molecule has 0 bridgehead atoms. The number of hydrogen-bond donors (Lipinski definition) is 3. The summed E-state index contributed by atoms with van der Waals surface area (Å²) in [6.07, 6.45) is 6.06. The number of benzene rings is 1. The molecule has 0 radical (unpaired) electrons. The van der Waals surface area contributed by atoms with Crippen molar-refractivity contribution in [2.75, 3.05) is 38.5 Å². The van der Waals surface area contributed by atoms with E-state index in [0.29, 0.717) is 44.0 Å². The zero-order chi connectivity index (χ0) is 33.5. The van der Waals surface area contributed by atoms with Crippen LogP contribution in [0.5, 0.6) is 0 Å². The zero-order valence-electron chi connectivity index (χ0n) is 27.1. The van der Waals surface area contributed by atoms with Gasteiger partial charge in [-0.1, -0.05) is 32.3 Å². The fourth-order valence-electron chi connectivity index (χ4n) is 6.35. The van der Waals surface area contributed by atoms with Crippen LogP contribution in [-0.2, 0) is 16.1 Å². The van der Waals surface area contributed by atoms with Gasteiger partial charge in [-0.25, -0.2) is 4.39 Å². The van der Waals surface area contributed by atoms with Gasteiger partial charge < -0.3 is 25.8 Å². The van der Waals surface area contributed by atoms with Crippen molar-refractivity contribution in [3.05, 3.63) is 64.7 Å². The SMILES string of the molecule is CCn1nccc1C(=O)N[C@H](C(=O)Nc1ccc([C@H](C)[C@@H](NC(=O)c2ccsn2)C(=O)N2CCN(C)CC2)cc1F)C1CCCCC1. The van der Waals surface area contributed by atoms with Gasteiger partial charge in [-0.3, -0.25) is 23.9 Å². The summed E-state index contributed by atoms with van der Waals surface area (Å²) in [4.78, 5) is 57.5. The van der Waals surface area contributed by atoms with E-state index >= 15 is 4.39 Å². The third-order valence-electron chi connectivity index (χ3n) is 9.25. The number of halogens is 1. The van der Waals surface area contributed by atoms with Crippen LogP contribution in [0.15, 0.2) is 41.9 Å². The van der Waals surface area contributed by atoms with E-state index in [2.05, 4.69) is 30.3 Å². The number of rotatable bonds is 11. The summed E-state index contributed by atoms with van der Waals surface area (Å²) in [7, 11) is 1.99. The molecule has 3 heterocycles. The molecule has 4 amide bonds. The standard InChI is InChI=1S/C33H43FN8O4S/c1-4-42-27(12-14-35-42)31(44)38-29(22-8-6-5-7-9-22)32(45)36-25-11-10-23(20-24(25)34)21(2)28(37-30(43)26-13-19-47-39-26)33(46)41-17-15-40(3)16-18-41/h10-14,19-22,28-29H,4-9,15-18H2,1-3H3,(H,36,45)(H,37,43)(H,38,44)/t21-,28+,29-/m0/s1. The molecular formula is C33H43FN8O4S. The monoisotopic (exact) mass is 666 g/mol. The molecule has 252 valence electrons. The molecule has 1 saturated heterocycles. The van der Waals surface area contributed by atoms with Crippen molar-refractivity contribution < 1.29 is 23.6 Å². The summed E-state index contributed by atoms with van der Waals surface area (Å²) in [6.45, 7) is 6.60. The summed E-state index contributed by atoms with van der Waals surface area (Å²) >= 11 is 1.14. The van der Waals surface area contributed by atoms with E-state index in [-0.39, 0.29) is 23.2 Å². The highest BCUT2D eigenvalue weighted by molar-refractivity contribution is 7.03. The van der Waals surface area contributed by atoms with Gasteiger partial charge in [0.2, 0.25) is 11.8 Å². The molecule has 2 aromatic heterocycles. The topological polar surface area (TPSA) is 142 Å². The van der Waals surface area contributed by atoms with Crippen LogP contribution < -0.4 is 16.0 Å². The van der Waals surface area contributed by atoms with Crippen molar-refractivity contribution in [1.82, 2.24) is 34.6 Å². The molecule has 1 aromatic carbocycles. The van der Waals surface area contributed by atoms with Gasteiger partial charge in [-0.05, 0) is 74.1 Å². The maximum Gasteiger partial charge on any atom is 0.271 e. The number of anilines is 1. The second-order valence-corrected chi connectivity index (χ2v) is 13.0. The number of hydrogen-bond acceptors (Lipinski definition) is 8. The van der Waals surface area contributed by atoms with Crippen LogP contribution in [0.1, 0.15) is 78.4 Å². The molecule has 0 spiro atoms. The first-order chi connectivity index (χ1) is 22.7. The quantitative estimate of drug-likeness (QED) is 0.285. The van der Waals surface area contributed by atoms with E-state index < -0.39 is 41.5 Å². The molecule has 2 aliphatic rings. The van der Waals surface area contributed by atoms with Crippen LogP contribution >= 0.6 is 11.5 Å². The van der Waals surface area contributed by atoms with Crippen molar-refractivity contribution in [2.45, 2.75) is 70.5 Å². The smallest absolute Gasteiger partial charge is 0.271 e. The zero-order valence-corrected chi connectivity index (χ0v) is 27.9. The van der Waals surface area contributed by atoms with Crippen molar-refractivity contribution in [3.8, 4) is 0 Å². The predicted molar refractivity (Wildman–Crippen MR) is 177 cm³/mol. The van der Waals surface area contributed by atoms with Crippen molar-refractivity contribution in [3.63, 3.8) is 0 Å². The third kappa shape index (κ3) is 8.22. The molecule has 47 heavy (non-hydrogen) atoms. The molecule has 12 nitrogen and oxygen atoms in total. The highest BCUT2D eigenvalue weighted by atomic mass is 32.1. The number of carbonyl (C=O) groups is 4. The Bertz CT molecular complexity index is 1550. The number of aryl methyl sites for hydroxylation is 1. The normalized spacial score (nSPS) is 17.8. The minimum Gasteiger partial charge on any atom is -0.339 e. The van der Waals surface area contributed by atoms with Crippen LogP contribution in [0, 0.1) is 11.7 Å². The Morgan fingerprint density at radius 2 is 1.74 bits per heavy atom. The van der Waals surface area contributed by atoms with E-state index in [1.807, 2.05) is 14.0 Å².